The molecule has 27 heavy (non-hydrogen) atoms. The summed E-state index contributed by atoms with van der Waals surface area (Å²) in [5.74, 6) is 0.0749. The largest absolute Gasteiger partial charge is 0.346 e. The zero-order valence-electron chi connectivity index (χ0n) is 14.8. The van der Waals surface area contributed by atoms with E-state index in [0.29, 0.717) is 30.7 Å². The van der Waals surface area contributed by atoms with Gasteiger partial charge in [-0.2, -0.15) is 15.6 Å². The Labute approximate surface area is 155 Å². The Bertz CT molecular complexity index is 1110. The molecule has 0 spiro atoms. The number of rotatable bonds is 4. The quantitative estimate of drug-likeness (QED) is 0.766. The van der Waals surface area contributed by atoms with E-state index < -0.39 is 5.54 Å². The van der Waals surface area contributed by atoms with Crippen LogP contribution in [0.1, 0.15) is 25.3 Å². The lowest BCUT2D eigenvalue weighted by atomic mass is 9.86. The minimum Gasteiger partial charge on any atom is -0.346 e. The standard InChI is InChI=1S/C19H17N7O/c1-2-16(27)25-11-19(12-25,4-5-20)26-10-14(9-24-26)17-13(7-21)8-23-18-15(17)3-6-22-18/h3,6,8-10H,2,4,11-12H2,1H3,(H,22,23). The number of carbonyl (C=O) groups excluding carboxylic acids is 1. The maximum absolute atomic E-state index is 11.9. The van der Waals surface area contributed by atoms with Crippen molar-refractivity contribution in [2.45, 2.75) is 25.3 Å². The number of nitrogens with one attached hydrogen (secondary N) is 1. The van der Waals surface area contributed by atoms with Crippen LogP contribution in [0.2, 0.25) is 0 Å². The van der Waals surface area contributed by atoms with E-state index in [4.69, 9.17) is 0 Å². The molecule has 1 N–H and O–H groups in total. The molecule has 1 aliphatic heterocycles. The van der Waals surface area contributed by atoms with Crippen molar-refractivity contribution < 1.29 is 4.79 Å². The fourth-order valence-electron chi connectivity index (χ4n) is 3.66. The van der Waals surface area contributed by atoms with Gasteiger partial charge in [0.2, 0.25) is 5.91 Å². The van der Waals surface area contributed by atoms with Gasteiger partial charge in [0.25, 0.3) is 0 Å². The van der Waals surface area contributed by atoms with Gasteiger partial charge in [-0.3, -0.25) is 9.48 Å². The number of nitrogens with zero attached hydrogens (tertiary/aromatic N) is 6. The Balaban J connectivity index is 1.74. The molecular formula is C19H17N7O. The van der Waals surface area contributed by atoms with E-state index in [1.54, 1.807) is 28.2 Å². The van der Waals surface area contributed by atoms with Gasteiger partial charge in [-0.25, -0.2) is 4.98 Å². The first-order valence-electron chi connectivity index (χ1n) is 8.68. The van der Waals surface area contributed by atoms with Crippen LogP contribution in [0.3, 0.4) is 0 Å². The van der Waals surface area contributed by atoms with Gasteiger partial charge in [0.1, 0.15) is 17.3 Å². The second kappa shape index (κ2) is 6.26. The van der Waals surface area contributed by atoms with Gasteiger partial charge < -0.3 is 9.88 Å². The Morgan fingerprint density at radius 2 is 2.19 bits per heavy atom. The summed E-state index contributed by atoms with van der Waals surface area (Å²) in [6.45, 7) is 2.76. The van der Waals surface area contributed by atoms with E-state index in [0.717, 1.165) is 16.5 Å². The Kier molecular flexibility index (Phi) is 3.89. The zero-order chi connectivity index (χ0) is 19.0. The topological polar surface area (TPSA) is 114 Å². The maximum atomic E-state index is 11.9. The second-order valence-corrected chi connectivity index (χ2v) is 6.73. The first-order valence-corrected chi connectivity index (χ1v) is 8.68. The van der Waals surface area contributed by atoms with Gasteiger partial charge in [0.05, 0.1) is 24.3 Å². The van der Waals surface area contributed by atoms with Crippen LogP contribution in [0.25, 0.3) is 22.2 Å². The predicted octanol–water partition coefficient (Wildman–Crippen LogP) is 2.16. The summed E-state index contributed by atoms with van der Waals surface area (Å²) in [6.07, 6.45) is 7.59. The Morgan fingerprint density at radius 1 is 1.37 bits per heavy atom. The van der Waals surface area contributed by atoms with Gasteiger partial charge in [-0.05, 0) is 6.07 Å². The normalized spacial score (nSPS) is 15.1. The lowest BCUT2D eigenvalue weighted by molar-refractivity contribution is -0.142. The van der Waals surface area contributed by atoms with E-state index in [2.05, 4.69) is 27.2 Å². The molecule has 0 radical (unpaired) electrons. The van der Waals surface area contributed by atoms with Gasteiger partial charge >= 0.3 is 0 Å². The molecule has 0 unspecified atom stereocenters. The fourth-order valence-corrected chi connectivity index (χ4v) is 3.66. The van der Waals surface area contributed by atoms with Crippen molar-refractivity contribution in [3.8, 4) is 23.3 Å². The van der Waals surface area contributed by atoms with Gasteiger partial charge in [0, 0.05) is 54.6 Å². The summed E-state index contributed by atoms with van der Waals surface area (Å²) in [5, 5.41) is 24.1. The SMILES string of the molecule is CCC(=O)N1CC(CC#N)(n2cc(-c3c(C#N)cnc4[nH]ccc34)cn2)C1. The molecule has 0 aromatic carbocycles. The lowest BCUT2D eigenvalue weighted by Crippen LogP contribution is -2.64. The molecule has 0 saturated carbocycles. The summed E-state index contributed by atoms with van der Waals surface area (Å²) in [6, 6.07) is 6.29. The van der Waals surface area contributed by atoms with Crippen LogP contribution in [0.4, 0.5) is 0 Å². The van der Waals surface area contributed by atoms with Crippen molar-refractivity contribution in [1.29, 1.82) is 10.5 Å². The van der Waals surface area contributed by atoms with E-state index >= 15 is 0 Å². The molecule has 8 nitrogen and oxygen atoms in total. The summed E-state index contributed by atoms with van der Waals surface area (Å²) in [4.78, 5) is 21.0. The minimum absolute atomic E-state index is 0.0749. The molecule has 1 saturated heterocycles. The molecule has 4 heterocycles. The summed E-state index contributed by atoms with van der Waals surface area (Å²) >= 11 is 0. The van der Waals surface area contributed by atoms with Crippen LogP contribution >= 0.6 is 0 Å². The number of hydrogen-bond donors (Lipinski definition) is 1. The zero-order valence-corrected chi connectivity index (χ0v) is 14.8. The highest BCUT2D eigenvalue weighted by Gasteiger charge is 2.47. The number of likely N-dealkylation sites (tertiary alicyclic amines) is 1. The average molecular weight is 359 g/mol. The molecule has 134 valence electrons. The summed E-state index contributed by atoms with van der Waals surface area (Å²) in [5.41, 5.74) is 2.20. The molecule has 3 aromatic heterocycles. The highest BCUT2D eigenvalue weighted by atomic mass is 16.2. The smallest absolute Gasteiger partial charge is 0.222 e. The number of aromatic nitrogens is 4. The van der Waals surface area contributed by atoms with Gasteiger partial charge in [-0.1, -0.05) is 6.92 Å². The number of nitriles is 2. The van der Waals surface area contributed by atoms with Crippen LogP contribution in [0, 0.1) is 22.7 Å². The molecule has 0 atom stereocenters. The molecule has 8 heteroatoms. The number of pyridine rings is 1. The number of amides is 1. The molecule has 1 fully saturated rings. The van der Waals surface area contributed by atoms with Crippen molar-refractivity contribution >= 4 is 16.9 Å². The van der Waals surface area contributed by atoms with Crippen molar-refractivity contribution in [3.63, 3.8) is 0 Å². The predicted molar refractivity (Wildman–Crippen MR) is 97.1 cm³/mol. The van der Waals surface area contributed by atoms with Crippen molar-refractivity contribution in [2.24, 2.45) is 0 Å². The van der Waals surface area contributed by atoms with E-state index in [1.165, 1.54) is 0 Å². The van der Waals surface area contributed by atoms with Crippen LogP contribution in [-0.2, 0) is 10.3 Å². The number of hydrogen-bond acceptors (Lipinski definition) is 5. The number of aromatic amines is 1. The van der Waals surface area contributed by atoms with Crippen molar-refractivity contribution in [2.75, 3.05) is 13.1 Å². The fraction of sp³-hybridized carbons (Fsp3) is 0.316. The molecule has 4 rings (SSSR count). The first kappa shape index (κ1) is 16.8. The first-order chi connectivity index (χ1) is 13.1. The molecule has 1 aliphatic rings. The number of carbonyl (C=O) groups is 1. The van der Waals surface area contributed by atoms with Crippen LogP contribution in [0.5, 0.6) is 0 Å². The molecule has 0 bridgehead atoms. The third-order valence-electron chi connectivity index (χ3n) is 5.10. The van der Waals surface area contributed by atoms with Gasteiger partial charge in [0.15, 0.2) is 0 Å². The van der Waals surface area contributed by atoms with Crippen molar-refractivity contribution in [3.05, 3.63) is 36.4 Å². The second-order valence-electron chi connectivity index (χ2n) is 6.73. The van der Waals surface area contributed by atoms with Crippen LogP contribution in [-0.4, -0.2) is 43.6 Å². The summed E-state index contributed by atoms with van der Waals surface area (Å²) in [7, 11) is 0. The van der Waals surface area contributed by atoms with Crippen LogP contribution in [0.15, 0.2) is 30.9 Å². The van der Waals surface area contributed by atoms with E-state index in [9.17, 15) is 15.3 Å². The monoisotopic (exact) mass is 359 g/mol. The van der Waals surface area contributed by atoms with Gasteiger partial charge in [-0.15, -0.1) is 0 Å². The summed E-state index contributed by atoms with van der Waals surface area (Å²) < 4.78 is 1.77. The Hall–Kier alpha value is -3.65. The van der Waals surface area contributed by atoms with E-state index in [1.807, 2.05) is 19.2 Å². The highest BCUT2D eigenvalue weighted by molar-refractivity contribution is 5.95. The minimum atomic E-state index is -0.519. The van der Waals surface area contributed by atoms with Crippen LogP contribution < -0.4 is 0 Å². The average Bonchev–Trinajstić information content (AvgIpc) is 3.32. The Morgan fingerprint density at radius 3 is 2.89 bits per heavy atom. The molecule has 1 amide bonds. The number of H-pyrrole nitrogens is 1. The third kappa shape index (κ3) is 2.54. The number of fused-ring (bicyclic) bond motifs is 1. The van der Waals surface area contributed by atoms with E-state index in [-0.39, 0.29) is 12.3 Å². The highest BCUT2D eigenvalue weighted by Crippen LogP contribution is 2.36. The molecular weight excluding hydrogens is 342 g/mol. The third-order valence-corrected chi connectivity index (χ3v) is 5.10. The maximum Gasteiger partial charge on any atom is 0.222 e. The molecule has 3 aromatic rings. The lowest BCUT2D eigenvalue weighted by Gasteiger charge is -2.49. The molecule has 0 aliphatic carbocycles. The van der Waals surface area contributed by atoms with Crippen molar-refractivity contribution in [1.82, 2.24) is 24.6 Å².